The maximum absolute atomic E-state index is 9.48. The third-order valence-electron chi connectivity index (χ3n) is 2.20. The number of hydrogen-bond donors (Lipinski definition) is 1. The molecule has 1 atom stereocenters. The number of hydrogen-bond acceptors (Lipinski definition) is 3. The lowest BCUT2D eigenvalue weighted by atomic mass is 10.1. The topological polar surface area (TPSA) is 38.7 Å². The second kappa shape index (κ2) is 2.83. The number of rotatable bonds is 1. The van der Waals surface area contributed by atoms with E-state index in [4.69, 9.17) is 9.47 Å². The van der Waals surface area contributed by atoms with Crippen LogP contribution in [0.15, 0.2) is 12.1 Å². The summed E-state index contributed by atoms with van der Waals surface area (Å²) in [6.07, 6.45) is 1.05. The van der Waals surface area contributed by atoms with Gasteiger partial charge in [-0.15, -0.1) is 0 Å². The molecule has 0 fully saturated rings. The maximum Gasteiger partial charge on any atom is 0.164 e. The van der Waals surface area contributed by atoms with E-state index in [2.05, 4.69) is 0 Å². The van der Waals surface area contributed by atoms with Crippen molar-refractivity contribution >= 4 is 0 Å². The molecule has 0 amide bonds. The fraction of sp³-hybridized carbons (Fsp3) is 0.400. The van der Waals surface area contributed by atoms with Crippen LogP contribution in [0.25, 0.3) is 0 Å². The van der Waals surface area contributed by atoms with E-state index in [0.717, 1.165) is 17.7 Å². The summed E-state index contributed by atoms with van der Waals surface area (Å²) in [4.78, 5) is 0. The van der Waals surface area contributed by atoms with E-state index in [-0.39, 0.29) is 11.9 Å². The lowest BCUT2D eigenvalue weighted by Gasteiger charge is -2.06. The largest absolute Gasteiger partial charge is 0.504 e. The van der Waals surface area contributed by atoms with Gasteiger partial charge >= 0.3 is 0 Å². The Balaban J connectivity index is 2.44. The van der Waals surface area contributed by atoms with Gasteiger partial charge in [-0.2, -0.15) is 0 Å². The minimum atomic E-state index is 0.180. The first-order valence-electron chi connectivity index (χ1n) is 4.27. The van der Waals surface area contributed by atoms with Crippen LogP contribution >= 0.6 is 0 Å². The molecule has 0 radical (unpaired) electrons. The Bertz CT molecular complexity index is 333. The molecular formula is C10H12O3. The molecule has 1 aromatic rings. The number of phenolic OH excluding ortho intramolecular Hbond substituents is 1. The zero-order valence-electron chi connectivity index (χ0n) is 7.70. The van der Waals surface area contributed by atoms with Gasteiger partial charge < -0.3 is 14.6 Å². The lowest BCUT2D eigenvalue weighted by Crippen LogP contribution is -2.05. The SMILES string of the molecule is COc1cc2c(cc1O)C[C@H](C)O2. The van der Waals surface area contributed by atoms with Crippen LogP contribution in [0.1, 0.15) is 12.5 Å². The summed E-state index contributed by atoms with van der Waals surface area (Å²) >= 11 is 0. The molecule has 0 saturated carbocycles. The van der Waals surface area contributed by atoms with Gasteiger partial charge in [-0.05, 0) is 13.0 Å². The molecule has 0 aromatic heterocycles. The van der Waals surface area contributed by atoms with E-state index in [1.165, 1.54) is 7.11 Å². The quantitative estimate of drug-likeness (QED) is 0.715. The summed E-state index contributed by atoms with van der Waals surface area (Å²) in [6, 6.07) is 3.44. The van der Waals surface area contributed by atoms with Crippen LogP contribution in [0.4, 0.5) is 0 Å². The van der Waals surface area contributed by atoms with Crippen molar-refractivity contribution in [1.29, 1.82) is 0 Å². The molecule has 1 aliphatic rings. The summed E-state index contributed by atoms with van der Waals surface area (Å²) < 4.78 is 10.5. The Morgan fingerprint density at radius 2 is 2.31 bits per heavy atom. The molecule has 70 valence electrons. The van der Waals surface area contributed by atoms with Gasteiger partial charge in [0.1, 0.15) is 11.9 Å². The molecule has 1 N–H and O–H groups in total. The minimum Gasteiger partial charge on any atom is -0.504 e. The summed E-state index contributed by atoms with van der Waals surface area (Å²) in [5.74, 6) is 1.47. The Hall–Kier alpha value is -1.38. The lowest BCUT2D eigenvalue weighted by molar-refractivity contribution is 0.253. The van der Waals surface area contributed by atoms with Crippen LogP contribution in [0, 0.1) is 0 Å². The van der Waals surface area contributed by atoms with Crippen molar-refractivity contribution in [1.82, 2.24) is 0 Å². The summed E-state index contributed by atoms with van der Waals surface area (Å²) in [5, 5.41) is 9.48. The smallest absolute Gasteiger partial charge is 0.164 e. The van der Waals surface area contributed by atoms with Gasteiger partial charge in [-0.25, -0.2) is 0 Å². The Labute approximate surface area is 76.9 Å². The second-order valence-electron chi connectivity index (χ2n) is 3.26. The zero-order valence-corrected chi connectivity index (χ0v) is 7.70. The summed E-state index contributed by atoms with van der Waals surface area (Å²) in [5.41, 5.74) is 1.05. The van der Waals surface area contributed by atoms with Crippen molar-refractivity contribution in [3.8, 4) is 17.2 Å². The van der Waals surface area contributed by atoms with Crippen molar-refractivity contribution in [2.75, 3.05) is 7.11 Å². The van der Waals surface area contributed by atoms with Gasteiger partial charge in [-0.1, -0.05) is 0 Å². The van der Waals surface area contributed by atoms with E-state index >= 15 is 0 Å². The molecule has 1 aromatic carbocycles. The van der Waals surface area contributed by atoms with Crippen LogP contribution in [0.5, 0.6) is 17.2 Å². The van der Waals surface area contributed by atoms with Crippen LogP contribution in [-0.4, -0.2) is 18.3 Å². The number of methoxy groups -OCH3 is 1. The second-order valence-corrected chi connectivity index (χ2v) is 3.26. The highest BCUT2D eigenvalue weighted by Crippen LogP contribution is 2.38. The highest BCUT2D eigenvalue weighted by atomic mass is 16.5. The molecule has 3 heteroatoms. The van der Waals surface area contributed by atoms with Gasteiger partial charge in [0.15, 0.2) is 11.5 Å². The number of aromatic hydroxyl groups is 1. The Morgan fingerprint density at radius 3 is 3.00 bits per heavy atom. The van der Waals surface area contributed by atoms with E-state index in [9.17, 15) is 5.11 Å². The molecule has 2 rings (SSSR count). The molecular weight excluding hydrogens is 168 g/mol. The third-order valence-corrected chi connectivity index (χ3v) is 2.20. The maximum atomic E-state index is 9.48. The normalized spacial score (nSPS) is 19.4. The van der Waals surface area contributed by atoms with Crippen molar-refractivity contribution in [3.05, 3.63) is 17.7 Å². The van der Waals surface area contributed by atoms with Crippen LogP contribution in [-0.2, 0) is 6.42 Å². The number of phenols is 1. The number of benzene rings is 1. The fourth-order valence-corrected chi connectivity index (χ4v) is 1.59. The molecule has 1 heterocycles. The predicted octanol–water partition coefficient (Wildman–Crippen LogP) is 1.72. The molecule has 0 aliphatic carbocycles. The highest BCUT2D eigenvalue weighted by Gasteiger charge is 2.21. The Kier molecular flexibility index (Phi) is 1.79. The number of fused-ring (bicyclic) bond motifs is 1. The molecule has 0 bridgehead atoms. The van der Waals surface area contributed by atoms with E-state index in [1.807, 2.05) is 6.92 Å². The highest BCUT2D eigenvalue weighted by molar-refractivity contribution is 5.51. The molecule has 13 heavy (non-hydrogen) atoms. The van der Waals surface area contributed by atoms with Crippen LogP contribution in [0.2, 0.25) is 0 Å². The van der Waals surface area contributed by atoms with Crippen molar-refractivity contribution in [2.45, 2.75) is 19.4 Å². The van der Waals surface area contributed by atoms with Crippen LogP contribution in [0.3, 0.4) is 0 Å². The van der Waals surface area contributed by atoms with E-state index in [0.29, 0.717) is 5.75 Å². The number of ether oxygens (including phenoxy) is 2. The first-order chi connectivity index (χ1) is 6.20. The average molecular weight is 180 g/mol. The van der Waals surface area contributed by atoms with Gasteiger partial charge in [0.25, 0.3) is 0 Å². The van der Waals surface area contributed by atoms with Gasteiger partial charge in [-0.3, -0.25) is 0 Å². The predicted molar refractivity (Wildman–Crippen MR) is 48.5 cm³/mol. The van der Waals surface area contributed by atoms with E-state index < -0.39 is 0 Å². The Morgan fingerprint density at radius 1 is 1.54 bits per heavy atom. The van der Waals surface area contributed by atoms with E-state index in [1.54, 1.807) is 12.1 Å². The fourth-order valence-electron chi connectivity index (χ4n) is 1.59. The van der Waals surface area contributed by atoms with Crippen LogP contribution < -0.4 is 9.47 Å². The first-order valence-corrected chi connectivity index (χ1v) is 4.27. The monoisotopic (exact) mass is 180 g/mol. The molecule has 1 aliphatic heterocycles. The van der Waals surface area contributed by atoms with Crippen molar-refractivity contribution < 1.29 is 14.6 Å². The summed E-state index contributed by atoms with van der Waals surface area (Å²) in [6.45, 7) is 2.00. The van der Waals surface area contributed by atoms with Crippen molar-refractivity contribution in [3.63, 3.8) is 0 Å². The molecule has 0 saturated heterocycles. The third kappa shape index (κ3) is 1.30. The van der Waals surface area contributed by atoms with Gasteiger partial charge in [0.2, 0.25) is 0 Å². The molecule has 0 spiro atoms. The minimum absolute atomic E-state index is 0.180. The standard InChI is InChI=1S/C10H12O3/c1-6-3-7-4-8(11)10(12-2)5-9(7)13-6/h4-6,11H,3H2,1-2H3/t6-/m0/s1. The molecule has 0 unspecified atom stereocenters. The van der Waals surface area contributed by atoms with Gasteiger partial charge in [0, 0.05) is 18.1 Å². The van der Waals surface area contributed by atoms with Crippen molar-refractivity contribution in [2.24, 2.45) is 0 Å². The van der Waals surface area contributed by atoms with Gasteiger partial charge in [0.05, 0.1) is 7.11 Å². The first kappa shape index (κ1) is 8.23. The summed E-state index contributed by atoms with van der Waals surface area (Å²) in [7, 11) is 1.53. The molecule has 3 nitrogen and oxygen atoms in total. The zero-order chi connectivity index (χ0) is 9.42. The average Bonchev–Trinajstić information content (AvgIpc) is 2.42.